The minimum absolute atomic E-state index is 0.228. The van der Waals surface area contributed by atoms with Crippen LogP contribution in [0.1, 0.15) is 59.2 Å². The molecule has 1 heterocycles. The number of nitrogens with zero attached hydrogens (tertiary/aromatic N) is 1. The quantitative estimate of drug-likeness (QED) is 0.415. The van der Waals surface area contributed by atoms with Crippen molar-refractivity contribution in [2.24, 2.45) is 0 Å². The van der Waals surface area contributed by atoms with Crippen molar-refractivity contribution < 1.29 is 28.3 Å². The van der Waals surface area contributed by atoms with Crippen LogP contribution in [0.2, 0.25) is 0 Å². The first-order valence-electron chi connectivity index (χ1n) is 11.2. The summed E-state index contributed by atoms with van der Waals surface area (Å²) in [5, 5.41) is 6.95. The standard InChI is InChI=1S/C26H32N2O6/c1-7-12-32-22-10-8-19(13-24(22)30-5)16(2)27-26(29)20-9-11-23(25(14-20)31-6)33-15-21-17(3)28-34-18(21)4/h8-11,13-14,16H,7,12,15H2,1-6H3,(H,27,29). The van der Waals surface area contributed by atoms with Crippen LogP contribution >= 0.6 is 0 Å². The fourth-order valence-electron chi connectivity index (χ4n) is 3.43. The van der Waals surface area contributed by atoms with Crippen molar-refractivity contribution >= 4 is 5.91 Å². The molecule has 34 heavy (non-hydrogen) atoms. The van der Waals surface area contributed by atoms with Crippen molar-refractivity contribution in [2.45, 2.75) is 46.8 Å². The first-order chi connectivity index (χ1) is 16.4. The highest BCUT2D eigenvalue weighted by Crippen LogP contribution is 2.32. The molecule has 1 unspecified atom stereocenters. The highest BCUT2D eigenvalue weighted by Gasteiger charge is 2.17. The van der Waals surface area contributed by atoms with Crippen molar-refractivity contribution in [1.29, 1.82) is 0 Å². The summed E-state index contributed by atoms with van der Waals surface area (Å²) in [6, 6.07) is 10.5. The van der Waals surface area contributed by atoms with Gasteiger partial charge < -0.3 is 28.8 Å². The van der Waals surface area contributed by atoms with Gasteiger partial charge in [-0.1, -0.05) is 18.1 Å². The van der Waals surface area contributed by atoms with Gasteiger partial charge in [-0.25, -0.2) is 0 Å². The topological polar surface area (TPSA) is 92.1 Å². The Morgan fingerprint density at radius 3 is 2.32 bits per heavy atom. The van der Waals surface area contributed by atoms with Gasteiger partial charge in [-0.2, -0.15) is 0 Å². The highest BCUT2D eigenvalue weighted by molar-refractivity contribution is 5.95. The number of nitrogens with one attached hydrogen (secondary N) is 1. The molecule has 1 amide bonds. The number of benzene rings is 2. The van der Waals surface area contributed by atoms with Gasteiger partial charge in [0.2, 0.25) is 0 Å². The number of rotatable bonds is 11. The molecule has 1 N–H and O–H groups in total. The molecule has 1 atom stereocenters. The molecule has 1 aromatic heterocycles. The summed E-state index contributed by atoms with van der Waals surface area (Å²) in [6.45, 7) is 8.57. The molecule has 0 aliphatic rings. The zero-order valence-corrected chi connectivity index (χ0v) is 20.6. The molecule has 0 aliphatic carbocycles. The molecule has 0 radical (unpaired) electrons. The number of aromatic nitrogens is 1. The van der Waals surface area contributed by atoms with E-state index in [0.717, 1.165) is 23.2 Å². The molecule has 0 aliphatic heterocycles. The second-order valence-corrected chi connectivity index (χ2v) is 7.91. The number of carbonyl (C=O) groups is 1. The molecule has 3 rings (SSSR count). The normalized spacial score (nSPS) is 11.6. The summed E-state index contributed by atoms with van der Waals surface area (Å²) < 4.78 is 27.7. The fraction of sp³-hybridized carbons (Fsp3) is 0.385. The molecular formula is C26H32N2O6. The van der Waals surface area contributed by atoms with Crippen molar-refractivity contribution in [2.75, 3.05) is 20.8 Å². The van der Waals surface area contributed by atoms with Gasteiger partial charge in [0.15, 0.2) is 23.0 Å². The molecule has 8 nitrogen and oxygen atoms in total. The first-order valence-corrected chi connectivity index (χ1v) is 11.2. The average molecular weight is 469 g/mol. The lowest BCUT2D eigenvalue weighted by molar-refractivity contribution is 0.0939. The van der Waals surface area contributed by atoms with E-state index in [9.17, 15) is 4.79 Å². The van der Waals surface area contributed by atoms with Crippen LogP contribution in [0.25, 0.3) is 0 Å². The summed E-state index contributed by atoms with van der Waals surface area (Å²) in [5.74, 6) is 2.79. The lowest BCUT2D eigenvalue weighted by atomic mass is 10.1. The van der Waals surface area contributed by atoms with E-state index >= 15 is 0 Å². The predicted octanol–water partition coefficient (Wildman–Crippen LogP) is 5.17. The van der Waals surface area contributed by atoms with Gasteiger partial charge in [-0.15, -0.1) is 0 Å². The molecule has 0 spiro atoms. The molecule has 8 heteroatoms. The molecule has 0 bridgehead atoms. The van der Waals surface area contributed by atoms with Crippen molar-refractivity contribution in [3.63, 3.8) is 0 Å². The van der Waals surface area contributed by atoms with Crippen LogP contribution in [0.4, 0.5) is 0 Å². The van der Waals surface area contributed by atoms with E-state index < -0.39 is 0 Å². The summed E-state index contributed by atoms with van der Waals surface area (Å²) in [6.07, 6.45) is 0.907. The van der Waals surface area contributed by atoms with Crippen LogP contribution in [0, 0.1) is 13.8 Å². The van der Waals surface area contributed by atoms with Crippen molar-refractivity contribution in [3.05, 3.63) is 64.5 Å². The van der Waals surface area contributed by atoms with Gasteiger partial charge >= 0.3 is 0 Å². The molecular weight excluding hydrogens is 436 g/mol. The Bertz CT molecular complexity index is 1100. The molecule has 3 aromatic rings. The van der Waals surface area contributed by atoms with E-state index in [1.807, 2.05) is 45.9 Å². The number of ether oxygens (including phenoxy) is 4. The summed E-state index contributed by atoms with van der Waals surface area (Å²) in [7, 11) is 3.14. The van der Waals surface area contributed by atoms with Crippen LogP contribution in [0.15, 0.2) is 40.9 Å². The van der Waals surface area contributed by atoms with Gasteiger partial charge in [0.1, 0.15) is 12.4 Å². The third kappa shape index (κ3) is 5.81. The lowest BCUT2D eigenvalue weighted by Gasteiger charge is -2.18. The Labute approximate surface area is 200 Å². The van der Waals surface area contributed by atoms with Gasteiger partial charge in [0.25, 0.3) is 5.91 Å². The second-order valence-electron chi connectivity index (χ2n) is 7.91. The van der Waals surface area contributed by atoms with E-state index in [2.05, 4.69) is 10.5 Å². The third-order valence-electron chi connectivity index (χ3n) is 5.48. The Balaban J connectivity index is 1.69. The van der Waals surface area contributed by atoms with E-state index in [0.29, 0.717) is 47.5 Å². The number of hydrogen-bond acceptors (Lipinski definition) is 7. The van der Waals surface area contributed by atoms with E-state index in [-0.39, 0.29) is 11.9 Å². The maximum absolute atomic E-state index is 12.9. The Morgan fingerprint density at radius 2 is 1.68 bits per heavy atom. The Kier molecular flexibility index (Phi) is 8.40. The summed E-state index contributed by atoms with van der Waals surface area (Å²) in [5.41, 5.74) is 3.03. The zero-order chi connectivity index (χ0) is 24.7. The summed E-state index contributed by atoms with van der Waals surface area (Å²) >= 11 is 0. The minimum atomic E-state index is -0.247. The molecule has 0 saturated heterocycles. The fourth-order valence-corrected chi connectivity index (χ4v) is 3.43. The lowest BCUT2D eigenvalue weighted by Crippen LogP contribution is -2.26. The van der Waals surface area contributed by atoms with Crippen molar-refractivity contribution in [3.8, 4) is 23.0 Å². The van der Waals surface area contributed by atoms with Crippen LogP contribution < -0.4 is 24.3 Å². The highest BCUT2D eigenvalue weighted by atomic mass is 16.5. The Hall–Kier alpha value is -3.68. The maximum atomic E-state index is 12.9. The van der Waals surface area contributed by atoms with Crippen LogP contribution in [0.5, 0.6) is 23.0 Å². The average Bonchev–Trinajstić information content (AvgIpc) is 3.17. The van der Waals surface area contributed by atoms with E-state index in [4.69, 9.17) is 23.5 Å². The number of amides is 1. The number of carbonyl (C=O) groups excluding carboxylic acids is 1. The smallest absolute Gasteiger partial charge is 0.251 e. The van der Waals surface area contributed by atoms with Crippen LogP contribution in [-0.4, -0.2) is 31.9 Å². The largest absolute Gasteiger partial charge is 0.493 e. The number of hydrogen-bond donors (Lipinski definition) is 1. The molecule has 0 saturated carbocycles. The van der Waals surface area contributed by atoms with Gasteiger partial charge in [-0.05, 0) is 63.1 Å². The van der Waals surface area contributed by atoms with E-state index in [1.54, 1.807) is 25.3 Å². The van der Waals surface area contributed by atoms with Crippen molar-refractivity contribution in [1.82, 2.24) is 10.5 Å². The number of methoxy groups -OCH3 is 2. The van der Waals surface area contributed by atoms with E-state index in [1.165, 1.54) is 7.11 Å². The third-order valence-corrected chi connectivity index (χ3v) is 5.48. The first kappa shape index (κ1) is 25.0. The van der Waals surface area contributed by atoms with Gasteiger partial charge in [0, 0.05) is 5.56 Å². The predicted molar refractivity (Wildman–Crippen MR) is 128 cm³/mol. The molecule has 2 aromatic carbocycles. The monoisotopic (exact) mass is 468 g/mol. The second kappa shape index (κ2) is 11.4. The molecule has 0 fully saturated rings. The minimum Gasteiger partial charge on any atom is -0.493 e. The maximum Gasteiger partial charge on any atom is 0.251 e. The Morgan fingerprint density at radius 1 is 1.00 bits per heavy atom. The number of aryl methyl sites for hydroxylation is 2. The zero-order valence-electron chi connectivity index (χ0n) is 20.6. The van der Waals surface area contributed by atoms with Gasteiger partial charge in [0.05, 0.1) is 38.1 Å². The van der Waals surface area contributed by atoms with Crippen LogP contribution in [0.3, 0.4) is 0 Å². The molecule has 182 valence electrons. The summed E-state index contributed by atoms with van der Waals surface area (Å²) in [4.78, 5) is 12.9. The van der Waals surface area contributed by atoms with Crippen LogP contribution in [-0.2, 0) is 6.61 Å². The van der Waals surface area contributed by atoms with Gasteiger partial charge in [-0.3, -0.25) is 4.79 Å². The SMILES string of the molecule is CCCOc1ccc(C(C)NC(=O)c2ccc(OCc3c(C)noc3C)c(OC)c2)cc1OC.